The maximum Gasteiger partial charge on any atom is 0.434 e. The number of hydrogen-bond donors (Lipinski definition) is 1. The molecule has 4 atom stereocenters. The van der Waals surface area contributed by atoms with Gasteiger partial charge in [0.2, 0.25) is 15.9 Å². The van der Waals surface area contributed by atoms with Crippen molar-refractivity contribution in [2.75, 3.05) is 20.7 Å². The zero-order chi connectivity index (χ0) is 26.1. The lowest BCUT2D eigenvalue weighted by atomic mass is 9.79. The summed E-state index contributed by atoms with van der Waals surface area (Å²) < 4.78 is 42.0. The first-order valence-electron chi connectivity index (χ1n) is 11.8. The third-order valence-corrected chi connectivity index (χ3v) is 9.88. The van der Waals surface area contributed by atoms with Crippen LogP contribution in [-0.2, 0) is 10.0 Å². The number of nitrogens with zero attached hydrogens (tertiary/aromatic N) is 3. The highest BCUT2D eigenvalue weighted by Crippen LogP contribution is 2.54. The normalized spacial score (nSPS) is 23.8. The van der Waals surface area contributed by atoms with Gasteiger partial charge in [-0.1, -0.05) is 30.7 Å². The van der Waals surface area contributed by atoms with Crippen molar-refractivity contribution in [1.82, 2.24) is 19.4 Å². The summed E-state index contributed by atoms with van der Waals surface area (Å²) in [5.41, 5.74) is 4.64. The van der Waals surface area contributed by atoms with E-state index in [9.17, 15) is 13.2 Å². The molecule has 2 aromatic carbocycles. The fraction of sp³-hybridized carbons (Fsp3) is 0.440. The second-order valence-electron chi connectivity index (χ2n) is 9.78. The van der Waals surface area contributed by atoms with E-state index in [1.54, 1.807) is 6.07 Å². The van der Waals surface area contributed by atoms with Crippen LogP contribution in [0, 0.1) is 13.8 Å². The molecule has 0 amide bonds. The summed E-state index contributed by atoms with van der Waals surface area (Å²) in [6.45, 7) is 7.99. The van der Waals surface area contributed by atoms with Crippen LogP contribution in [0.1, 0.15) is 71.6 Å². The number of benzene rings is 2. The molecule has 9 nitrogen and oxygen atoms in total. The highest BCUT2D eigenvalue weighted by atomic mass is 35.5. The lowest BCUT2D eigenvalue weighted by molar-refractivity contribution is 0.133. The number of H-pyrrole nitrogens is 1. The lowest BCUT2D eigenvalue weighted by Gasteiger charge is -2.43. The number of aromatic nitrogens is 2. The number of sulfonamides is 1. The van der Waals surface area contributed by atoms with Crippen LogP contribution in [0.3, 0.4) is 0 Å². The topological polar surface area (TPSA) is 109 Å². The Kier molecular flexibility index (Phi) is 6.06. The summed E-state index contributed by atoms with van der Waals surface area (Å²) in [5.74, 6) is -0.810. The van der Waals surface area contributed by atoms with Crippen molar-refractivity contribution in [1.29, 1.82) is 0 Å². The lowest BCUT2D eigenvalue weighted by Crippen LogP contribution is -2.45. The molecule has 0 saturated carbocycles. The van der Waals surface area contributed by atoms with Gasteiger partial charge in [-0.3, -0.25) is 0 Å². The molecular formula is C25H29ClN4O5S. The fourth-order valence-electron chi connectivity index (χ4n) is 5.46. The number of hydrogen-bond acceptors (Lipinski definition) is 7. The second kappa shape index (κ2) is 8.72. The Balaban J connectivity index is 1.81. The van der Waals surface area contributed by atoms with Crippen LogP contribution in [0.5, 0.6) is 5.75 Å². The van der Waals surface area contributed by atoms with Crippen molar-refractivity contribution in [3.8, 4) is 5.75 Å². The van der Waals surface area contributed by atoms with Crippen molar-refractivity contribution in [2.45, 2.75) is 56.6 Å². The Hall–Kier alpha value is -2.66. The van der Waals surface area contributed by atoms with E-state index in [4.69, 9.17) is 20.8 Å². The first-order valence-corrected chi connectivity index (χ1v) is 13.6. The van der Waals surface area contributed by atoms with Gasteiger partial charge in [0.15, 0.2) is 0 Å². The molecule has 2 aliphatic rings. The summed E-state index contributed by atoms with van der Waals surface area (Å²) in [7, 11) is -0.357. The highest BCUT2D eigenvalue weighted by molar-refractivity contribution is 7.89. The molecule has 192 valence electrons. The van der Waals surface area contributed by atoms with E-state index in [0.717, 1.165) is 22.3 Å². The predicted octanol–water partition coefficient (Wildman–Crippen LogP) is 4.24. The third kappa shape index (κ3) is 3.61. The van der Waals surface area contributed by atoms with Gasteiger partial charge in [0.25, 0.3) is 0 Å². The van der Waals surface area contributed by atoms with E-state index in [0.29, 0.717) is 10.6 Å². The smallest absolute Gasteiger partial charge is 0.434 e. The van der Waals surface area contributed by atoms with Gasteiger partial charge < -0.3 is 14.1 Å². The zero-order valence-corrected chi connectivity index (χ0v) is 22.6. The molecule has 0 saturated heterocycles. The molecule has 5 rings (SSSR count). The molecular weight excluding hydrogens is 504 g/mol. The molecule has 11 heteroatoms. The summed E-state index contributed by atoms with van der Waals surface area (Å²) in [6.07, 6.45) is 0. The molecule has 2 aliphatic heterocycles. The number of aromatic amines is 1. The van der Waals surface area contributed by atoms with E-state index < -0.39 is 27.9 Å². The van der Waals surface area contributed by atoms with Crippen molar-refractivity contribution in [3.63, 3.8) is 0 Å². The summed E-state index contributed by atoms with van der Waals surface area (Å²) in [6, 6.07) is 5.32. The molecule has 0 bridgehead atoms. The molecule has 36 heavy (non-hydrogen) atoms. The first-order chi connectivity index (χ1) is 16.9. The maximum atomic E-state index is 14.4. The minimum atomic E-state index is -4.15. The Labute approximate surface area is 215 Å². The minimum Gasteiger partial charge on any atom is -0.490 e. The quantitative estimate of drug-likeness (QED) is 0.537. The Bertz CT molecular complexity index is 1510. The van der Waals surface area contributed by atoms with Crippen LogP contribution < -0.4 is 10.5 Å². The number of aryl methyl sites for hydroxylation is 1. The molecule has 1 aromatic heterocycles. The van der Waals surface area contributed by atoms with E-state index in [1.165, 1.54) is 10.4 Å². The molecule has 0 spiro atoms. The van der Waals surface area contributed by atoms with Gasteiger partial charge in [-0.25, -0.2) is 18.3 Å². The molecule has 3 aromatic rings. The third-order valence-electron chi connectivity index (χ3n) is 7.64. The van der Waals surface area contributed by atoms with Gasteiger partial charge >= 0.3 is 5.76 Å². The molecule has 0 aliphatic carbocycles. The van der Waals surface area contributed by atoms with Crippen molar-refractivity contribution >= 4 is 21.6 Å². The van der Waals surface area contributed by atoms with Crippen LogP contribution in [-0.4, -0.2) is 48.5 Å². The summed E-state index contributed by atoms with van der Waals surface area (Å²) >= 11 is 6.59. The monoisotopic (exact) mass is 532 g/mol. The van der Waals surface area contributed by atoms with Gasteiger partial charge in [0, 0.05) is 22.5 Å². The largest absolute Gasteiger partial charge is 0.490 e. The van der Waals surface area contributed by atoms with Crippen LogP contribution in [0.25, 0.3) is 0 Å². The maximum absolute atomic E-state index is 14.4. The number of rotatable bonds is 3. The van der Waals surface area contributed by atoms with Crippen LogP contribution in [0.15, 0.2) is 38.4 Å². The standard InChI is InChI=1S/C25H29ClN4O5S/c1-12-7-8-16-18-11-34-23-19(10-9-17(26)21(23)15(4)29(5)6)36(32,33)30(18)22(14(3)20(16)13(12)2)24-27-28-25(31)35-24/h7-10,14-15,18,22H,11H2,1-6H3,(H,28,31)/t14-,15+,18?,22+/m1/s1. The Morgan fingerprint density at radius 3 is 2.58 bits per heavy atom. The molecule has 1 N–H and O–H groups in total. The van der Waals surface area contributed by atoms with Crippen molar-refractivity contribution in [2.24, 2.45) is 0 Å². The van der Waals surface area contributed by atoms with Crippen LogP contribution in [0.2, 0.25) is 5.02 Å². The van der Waals surface area contributed by atoms with Crippen molar-refractivity contribution in [3.05, 3.63) is 73.5 Å². The second-order valence-corrected chi connectivity index (χ2v) is 12.0. The molecule has 0 radical (unpaired) electrons. The van der Waals surface area contributed by atoms with Crippen molar-refractivity contribution < 1.29 is 17.6 Å². The number of nitrogens with one attached hydrogen (secondary N) is 1. The minimum absolute atomic E-state index is 0.0203. The highest BCUT2D eigenvalue weighted by Gasteiger charge is 2.52. The average Bonchev–Trinajstić information content (AvgIpc) is 3.20. The average molecular weight is 533 g/mol. The zero-order valence-electron chi connectivity index (χ0n) is 21.0. The summed E-state index contributed by atoms with van der Waals surface area (Å²) in [4.78, 5) is 13.9. The van der Waals surface area contributed by atoms with Gasteiger partial charge in [0.1, 0.15) is 23.3 Å². The van der Waals surface area contributed by atoms with E-state index in [2.05, 4.69) is 10.2 Å². The van der Waals surface area contributed by atoms with E-state index in [1.807, 2.05) is 58.8 Å². The fourth-order valence-corrected chi connectivity index (χ4v) is 7.72. The van der Waals surface area contributed by atoms with Gasteiger partial charge in [-0.05, 0) is 69.3 Å². The number of halogens is 1. The SMILES string of the molecule is Cc1ccc2c(c1C)[C@@H](C)[C@@H](c1n[nH]c(=O)o1)N1C2COc2c(ccc(Cl)c2[C@H](C)N(C)C)S1(=O)=O. The molecule has 1 unspecified atom stereocenters. The van der Waals surface area contributed by atoms with Gasteiger partial charge in [-0.2, -0.15) is 4.31 Å². The molecule has 0 fully saturated rings. The summed E-state index contributed by atoms with van der Waals surface area (Å²) in [5, 5.41) is 6.78. The van der Waals surface area contributed by atoms with Crippen LogP contribution >= 0.6 is 11.6 Å². The number of fused-ring (bicyclic) bond motifs is 4. The van der Waals surface area contributed by atoms with Crippen LogP contribution in [0.4, 0.5) is 0 Å². The Morgan fingerprint density at radius 1 is 1.22 bits per heavy atom. The number of ether oxygens (including phenoxy) is 1. The van der Waals surface area contributed by atoms with Gasteiger partial charge in [-0.15, -0.1) is 5.10 Å². The predicted molar refractivity (Wildman–Crippen MR) is 135 cm³/mol. The van der Waals surface area contributed by atoms with Gasteiger partial charge in [0.05, 0.1) is 6.04 Å². The Morgan fingerprint density at radius 2 is 1.94 bits per heavy atom. The van der Waals surface area contributed by atoms with E-state index in [-0.39, 0.29) is 35.1 Å². The molecule has 3 heterocycles. The van der Waals surface area contributed by atoms with E-state index >= 15 is 0 Å². The first kappa shape index (κ1) is 25.0.